The van der Waals surface area contributed by atoms with Crippen molar-refractivity contribution in [2.75, 3.05) is 0 Å². The Labute approximate surface area is 101 Å². The molecule has 1 aromatic heterocycles. The lowest BCUT2D eigenvalue weighted by molar-refractivity contribution is 1.12. The van der Waals surface area contributed by atoms with Crippen LogP contribution in [0.4, 0.5) is 5.69 Å². The Kier molecular flexibility index (Phi) is 2.84. The summed E-state index contributed by atoms with van der Waals surface area (Å²) in [5, 5.41) is 7.99. The van der Waals surface area contributed by atoms with Gasteiger partial charge in [-0.2, -0.15) is 10.1 Å². The number of guanidine groups is 2. The van der Waals surface area contributed by atoms with Crippen LogP contribution in [0.1, 0.15) is 0 Å². The van der Waals surface area contributed by atoms with Crippen molar-refractivity contribution in [3.8, 4) is 0 Å². The molecule has 0 spiro atoms. The summed E-state index contributed by atoms with van der Waals surface area (Å²) < 4.78 is 0. The molecule has 0 amide bonds. The van der Waals surface area contributed by atoms with Gasteiger partial charge in [-0.05, 0) is 12.1 Å². The molecule has 0 aliphatic heterocycles. The van der Waals surface area contributed by atoms with Gasteiger partial charge in [0.1, 0.15) is 0 Å². The first kappa shape index (κ1) is 11.2. The van der Waals surface area contributed by atoms with Gasteiger partial charge >= 0.3 is 0 Å². The van der Waals surface area contributed by atoms with Crippen LogP contribution in [0.5, 0.6) is 0 Å². The highest BCUT2D eigenvalue weighted by Crippen LogP contribution is 2.27. The minimum atomic E-state index is -0.153. The number of nitrogens with two attached hydrogens (primary N) is 3. The maximum Gasteiger partial charge on any atom is 0.223 e. The maximum atomic E-state index is 6.04. The van der Waals surface area contributed by atoms with Crippen LogP contribution in [0.2, 0.25) is 5.02 Å². The van der Waals surface area contributed by atoms with Gasteiger partial charge in [-0.3, -0.25) is 5.10 Å². The number of rotatable bonds is 1. The van der Waals surface area contributed by atoms with E-state index in [1.54, 1.807) is 18.3 Å². The molecule has 0 saturated carbocycles. The smallest absolute Gasteiger partial charge is 0.223 e. The standard InChI is InChI=1S/C9H10ClN7/c10-6-1-4(15-9(13)16-8(11)12)2-7-5(6)3-14-17-7/h1-3H,(H,14,17)(H6,11,12,13,15,16). The monoisotopic (exact) mass is 251 g/mol. The van der Waals surface area contributed by atoms with E-state index >= 15 is 0 Å². The normalized spacial score (nSPS) is 11.7. The van der Waals surface area contributed by atoms with Crippen LogP contribution in [0, 0.1) is 0 Å². The SMILES string of the molecule is NC(N)=NC(N)=Nc1cc(Cl)c2cn[nH]c2c1. The Morgan fingerprint density at radius 3 is 2.76 bits per heavy atom. The minimum absolute atomic E-state index is 0.0417. The molecule has 0 unspecified atom stereocenters. The van der Waals surface area contributed by atoms with Crippen LogP contribution in [0.3, 0.4) is 0 Å². The predicted octanol–water partition coefficient (Wildman–Crippen LogP) is 0.436. The van der Waals surface area contributed by atoms with Gasteiger partial charge in [0.2, 0.25) is 5.96 Å². The third kappa shape index (κ3) is 2.45. The number of aromatic amines is 1. The summed E-state index contributed by atoms with van der Waals surface area (Å²) in [5.74, 6) is -0.195. The molecular weight excluding hydrogens is 242 g/mol. The number of aliphatic imine (C=N–C) groups is 2. The van der Waals surface area contributed by atoms with Gasteiger partial charge < -0.3 is 17.2 Å². The van der Waals surface area contributed by atoms with Crippen LogP contribution in [-0.4, -0.2) is 22.1 Å². The Morgan fingerprint density at radius 2 is 2.06 bits per heavy atom. The fourth-order valence-electron chi connectivity index (χ4n) is 1.35. The number of H-pyrrole nitrogens is 1. The number of nitrogens with zero attached hydrogens (tertiary/aromatic N) is 3. The lowest BCUT2D eigenvalue weighted by Gasteiger charge is -1.98. The molecule has 2 aromatic rings. The van der Waals surface area contributed by atoms with Crippen molar-refractivity contribution in [2.24, 2.45) is 27.2 Å². The van der Waals surface area contributed by atoms with E-state index in [1.165, 1.54) is 0 Å². The maximum absolute atomic E-state index is 6.04. The van der Waals surface area contributed by atoms with Gasteiger partial charge in [0, 0.05) is 5.39 Å². The minimum Gasteiger partial charge on any atom is -0.370 e. The molecule has 8 heteroatoms. The van der Waals surface area contributed by atoms with Crippen molar-refractivity contribution < 1.29 is 0 Å². The van der Waals surface area contributed by atoms with E-state index in [2.05, 4.69) is 20.2 Å². The molecule has 0 atom stereocenters. The summed E-state index contributed by atoms with van der Waals surface area (Å²) in [6.45, 7) is 0. The lowest BCUT2D eigenvalue weighted by Crippen LogP contribution is -2.26. The number of hydrogen-bond acceptors (Lipinski definition) is 2. The lowest BCUT2D eigenvalue weighted by atomic mass is 10.2. The number of hydrogen-bond donors (Lipinski definition) is 4. The zero-order valence-corrected chi connectivity index (χ0v) is 9.44. The number of halogens is 1. The fourth-order valence-corrected chi connectivity index (χ4v) is 1.61. The Bertz CT molecular complexity index is 609. The Balaban J connectivity index is 2.46. The van der Waals surface area contributed by atoms with Crippen LogP contribution < -0.4 is 17.2 Å². The highest BCUT2D eigenvalue weighted by molar-refractivity contribution is 6.35. The van der Waals surface area contributed by atoms with Crippen molar-refractivity contribution in [2.45, 2.75) is 0 Å². The summed E-state index contributed by atoms with van der Waals surface area (Å²) >= 11 is 6.04. The van der Waals surface area contributed by atoms with E-state index in [0.29, 0.717) is 10.7 Å². The van der Waals surface area contributed by atoms with Crippen LogP contribution in [-0.2, 0) is 0 Å². The van der Waals surface area contributed by atoms with E-state index < -0.39 is 0 Å². The summed E-state index contributed by atoms with van der Waals surface area (Å²) in [6, 6.07) is 3.39. The molecule has 0 aliphatic carbocycles. The highest BCUT2D eigenvalue weighted by atomic mass is 35.5. The van der Waals surface area contributed by atoms with Gasteiger partial charge in [-0.25, -0.2) is 4.99 Å². The first-order chi connectivity index (χ1) is 8.06. The summed E-state index contributed by atoms with van der Waals surface area (Å²) in [6.07, 6.45) is 1.63. The van der Waals surface area contributed by atoms with Crippen molar-refractivity contribution in [3.63, 3.8) is 0 Å². The first-order valence-electron chi connectivity index (χ1n) is 4.62. The number of benzene rings is 1. The van der Waals surface area contributed by atoms with Gasteiger partial charge in [-0.1, -0.05) is 11.6 Å². The third-order valence-electron chi connectivity index (χ3n) is 1.98. The zero-order valence-electron chi connectivity index (χ0n) is 8.68. The molecule has 17 heavy (non-hydrogen) atoms. The summed E-state index contributed by atoms with van der Waals surface area (Å²) in [5.41, 5.74) is 17.2. The van der Waals surface area contributed by atoms with Gasteiger partial charge in [0.15, 0.2) is 5.96 Å². The van der Waals surface area contributed by atoms with Crippen molar-refractivity contribution in [3.05, 3.63) is 23.4 Å². The third-order valence-corrected chi connectivity index (χ3v) is 2.29. The summed E-state index contributed by atoms with van der Waals surface area (Å²) in [4.78, 5) is 7.61. The van der Waals surface area contributed by atoms with Gasteiger partial charge in [0.05, 0.1) is 22.4 Å². The molecule has 7 nitrogen and oxygen atoms in total. The van der Waals surface area contributed by atoms with Crippen molar-refractivity contribution >= 4 is 40.1 Å². The molecule has 0 aliphatic rings. The average molecular weight is 252 g/mol. The average Bonchev–Trinajstić information content (AvgIpc) is 2.64. The van der Waals surface area contributed by atoms with Crippen LogP contribution >= 0.6 is 11.6 Å². The Hall–Kier alpha value is -2.28. The number of fused-ring (bicyclic) bond motifs is 1. The number of aromatic nitrogens is 2. The van der Waals surface area contributed by atoms with Gasteiger partial charge in [0.25, 0.3) is 0 Å². The topological polar surface area (TPSA) is 131 Å². The van der Waals surface area contributed by atoms with Crippen LogP contribution in [0.25, 0.3) is 10.9 Å². The molecule has 0 radical (unpaired) electrons. The van der Waals surface area contributed by atoms with E-state index in [4.69, 9.17) is 28.8 Å². The van der Waals surface area contributed by atoms with Crippen molar-refractivity contribution in [1.29, 1.82) is 0 Å². The van der Waals surface area contributed by atoms with Crippen LogP contribution in [0.15, 0.2) is 28.3 Å². The van der Waals surface area contributed by atoms with Crippen molar-refractivity contribution in [1.82, 2.24) is 10.2 Å². The molecule has 0 saturated heterocycles. The predicted molar refractivity (Wildman–Crippen MR) is 68.2 cm³/mol. The molecule has 7 N–H and O–H groups in total. The van der Waals surface area contributed by atoms with E-state index in [9.17, 15) is 0 Å². The Morgan fingerprint density at radius 1 is 1.29 bits per heavy atom. The molecule has 0 bridgehead atoms. The quantitative estimate of drug-likeness (QED) is 0.432. The summed E-state index contributed by atoms with van der Waals surface area (Å²) in [7, 11) is 0. The fraction of sp³-hybridized carbons (Fsp3) is 0. The zero-order chi connectivity index (χ0) is 12.4. The molecule has 1 aromatic carbocycles. The van der Waals surface area contributed by atoms with Gasteiger partial charge in [-0.15, -0.1) is 0 Å². The highest BCUT2D eigenvalue weighted by Gasteiger charge is 2.03. The molecular formula is C9H10ClN7. The second-order valence-electron chi connectivity index (χ2n) is 3.27. The van der Waals surface area contributed by atoms with E-state index in [-0.39, 0.29) is 11.9 Å². The molecule has 2 rings (SSSR count). The van der Waals surface area contributed by atoms with E-state index in [0.717, 1.165) is 10.9 Å². The molecule has 88 valence electrons. The molecule has 0 fully saturated rings. The second kappa shape index (κ2) is 4.30. The van der Waals surface area contributed by atoms with E-state index in [1.807, 2.05) is 0 Å². The number of nitrogens with one attached hydrogen (secondary N) is 1. The second-order valence-corrected chi connectivity index (χ2v) is 3.67. The first-order valence-corrected chi connectivity index (χ1v) is 5.00. The largest absolute Gasteiger partial charge is 0.370 e. The molecule has 1 heterocycles.